The van der Waals surface area contributed by atoms with Crippen LogP contribution in [0.15, 0.2) is 24.3 Å². The molecule has 3 unspecified atom stereocenters. The van der Waals surface area contributed by atoms with Gasteiger partial charge in [-0.25, -0.2) is 5.43 Å². The third-order valence-electron chi connectivity index (χ3n) is 3.07. The summed E-state index contributed by atoms with van der Waals surface area (Å²) < 4.78 is 0. The zero-order valence-corrected chi connectivity index (χ0v) is 10.9. The van der Waals surface area contributed by atoms with Crippen LogP contribution < -0.4 is 16.6 Å². The fraction of sp³-hybridized carbons (Fsp3) is 0.500. The maximum absolute atomic E-state index is 6.09. The zero-order valence-electron chi connectivity index (χ0n) is 10.2. The highest BCUT2D eigenvalue weighted by Crippen LogP contribution is 2.26. The maximum atomic E-state index is 6.09. The van der Waals surface area contributed by atoms with Crippen molar-refractivity contribution in [1.29, 1.82) is 0 Å². The standard InChI is InChI=1S/C12H19ClN4/c1-17(2)7-10-11(12(14)16-15-10)8-3-5-9(13)6-4-8/h3-6,10-12,15-16H,7,14H2,1-2H3. The van der Waals surface area contributed by atoms with Crippen molar-refractivity contribution in [1.82, 2.24) is 15.8 Å². The fourth-order valence-electron chi connectivity index (χ4n) is 2.31. The molecule has 0 radical (unpaired) electrons. The maximum Gasteiger partial charge on any atom is 0.0764 e. The van der Waals surface area contributed by atoms with Crippen LogP contribution in [0.5, 0.6) is 0 Å². The van der Waals surface area contributed by atoms with Crippen LogP contribution in [-0.2, 0) is 0 Å². The van der Waals surface area contributed by atoms with Gasteiger partial charge in [0.1, 0.15) is 0 Å². The summed E-state index contributed by atoms with van der Waals surface area (Å²) in [5.74, 6) is 0.259. The monoisotopic (exact) mass is 254 g/mol. The van der Waals surface area contributed by atoms with Crippen molar-refractivity contribution in [3.8, 4) is 0 Å². The average molecular weight is 255 g/mol. The lowest BCUT2D eigenvalue weighted by Gasteiger charge is -2.24. The molecule has 1 aliphatic heterocycles. The largest absolute Gasteiger partial charge is 0.314 e. The summed E-state index contributed by atoms with van der Waals surface area (Å²) >= 11 is 5.90. The van der Waals surface area contributed by atoms with Crippen molar-refractivity contribution in [2.45, 2.75) is 18.1 Å². The van der Waals surface area contributed by atoms with Gasteiger partial charge in [0.15, 0.2) is 0 Å². The molecule has 0 amide bonds. The van der Waals surface area contributed by atoms with Gasteiger partial charge in [0, 0.05) is 23.5 Å². The Balaban J connectivity index is 2.18. The lowest BCUT2D eigenvalue weighted by atomic mass is 9.90. The van der Waals surface area contributed by atoms with E-state index in [4.69, 9.17) is 17.3 Å². The van der Waals surface area contributed by atoms with E-state index in [9.17, 15) is 0 Å². The van der Waals surface area contributed by atoms with Crippen LogP contribution in [0.25, 0.3) is 0 Å². The molecule has 1 aliphatic rings. The summed E-state index contributed by atoms with van der Waals surface area (Å²) in [6, 6.07) is 8.22. The molecule has 1 heterocycles. The first-order chi connectivity index (χ1) is 8.08. The molecule has 1 aromatic carbocycles. The van der Waals surface area contributed by atoms with E-state index in [1.807, 2.05) is 24.3 Å². The van der Waals surface area contributed by atoms with E-state index in [2.05, 4.69) is 29.8 Å². The molecule has 94 valence electrons. The van der Waals surface area contributed by atoms with Crippen molar-refractivity contribution in [3.05, 3.63) is 34.9 Å². The first-order valence-electron chi connectivity index (χ1n) is 5.75. The van der Waals surface area contributed by atoms with Gasteiger partial charge in [-0.3, -0.25) is 5.43 Å². The molecule has 17 heavy (non-hydrogen) atoms. The van der Waals surface area contributed by atoms with Crippen molar-refractivity contribution in [3.63, 3.8) is 0 Å². The third-order valence-corrected chi connectivity index (χ3v) is 3.32. The molecule has 1 aromatic rings. The van der Waals surface area contributed by atoms with Gasteiger partial charge in [0.25, 0.3) is 0 Å². The minimum absolute atomic E-state index is 0.0684. The van der Waals surface area contributed by atoms with Gasteiger partial charge in [-0.15, -0.1) is 0 Å². The highest BCUT2D eigenvalue weighted by atomic mass is 35.5. The van der Waals surface area contributed by atoms with Crippen molar-refractivity contribution < 1.29 is 0 Å². The van der Waals surface area contributed by atoms with Gasteiger partial charge in [0.2, 0.25) is 0 Å². The Morgan fingerprint density at radius 2 is 1.88 bits per heavy atom. The summed E-state index contributed by atoms with van der Waals surface area (Å²) in [5.41, 5.74) is 13.7. The number of halogens is 1. The van der Waals surface area contributed by atoms with Crippen LogP contribution >= 0.6 is 11.6 Å². The van der Waals surface area contributed by atoms with Gasteiger partial charge in [-0.05, 0) is 31.8 Å². The molecule has 4 N–H and O–H groups in total. The van der Waals surface area contributed by atoms with Gasteiger partial charge in [-0.1, -0.05) is 23.7 Å². The second-order valence-corrected chi connectivity index (χ2v) is 5.20. The van der Waals surface area contributed by atoms with Crippen LogP contribution in [0, 0.1) is 0 Å². The molecule has 0 spiro atoms. The molecule has 5 heteroatoms. The van der Waals surface area contributed by atoms with E-state index < -0.39 is 0 Å². The van der Waals surface area contributed by atoms with Crippen LogP contribution in [0.4, 0.5) is 0 Å². The van der Waals surface area contributed by atoms with Crippen molar-refractivity contribution in [2.75, 3.05) is 20.6 Å². The first-order valence-corrected chi connectivity index (χ1v) is 6.12. The minimum atomic E-state index is -0.0684. The van der Waals surface area contributed by atoms with E-state index in [-0.39, 0.29) is 12.1 Å². The van der Waals surface area contributed by atoms with Gasteiger partial charge < -0.3 is 10.6 Å². The Morgan fingerprint density at radius 3 is 2.47 bits per heavy atom. The summed E-state index contributed by atoms with van der Waals surface area (Å²) in [5, 5.41) is 0.755. The Hall–Kier alpha value is -0.650. The van der Waals surface area contributed by atoms with Crippen LogP contribution in [0.2, 0.25) is 5.02 Å². The van der Waals surface area contributed by atoms with Crippen LogP contribution in [0.1, 0.15) is 11.5 Å². The first kappa shape index (κ1) is 12.8. The molecule has 2 rings (SSSR count). The Bertz CT molecular complexity index is 365. The summed E-state index contributed by atoms with van der Waals surface area (Å²) in [7, 11) is 4.12. The van der Waals surface area contributed by atoms with Crippen LogP contribution in [0.3, 0.4) is 0 Å². The SMILES string of the molecule is CN(C)CC1NNC(N)C1c1ccc(Cl)cc1. The number of hydrazine groups is 1. The molecule has 0 bridgehead atoms. The molecule has 0 aromatic heterocycles. The van der Waals surface area contributed by atoms with E-state index in [0.717, 1.165) is 11.6 Å². The smallest absolute Gasteiger partial charge is 0.0764 e. The number of nitrogens with one attached hydrogen (secondary N) is 2. The Labute approximate surface area is 107 Å². The van der Waals surface area contributed by atoms with Crippen molar-refractivity contribution in [2.24, 2.45) is 5.73 Å². The molecule has 0 aliphatic carbocycles. The van der Waals surface area contributed by atoms with Gasteiger partial charge in [0.05, 0.1) is 6.17 Å². The van der Waals surface area contributed by atoms with Gasteiger partial charge in [-0.2, -0.15) is 0 Å². The van der Waals surface area contributed by atoms with E-state index >= 15 is 0 Å². The van der Waals surface area contributed by atoms with Gasteiger partial charge >= 0.3 is 0 Å². The van der Waals surface area contributed by atoms with Crippen molar-refractivity contribution >= 4 is 11.6 Å². The topological polar surface area (TPSA) is 53.3 Å². The number of hydrogen-bond donors (Lipinski definition) is 3. The predicted molar refractivity (Wildman–Crippen MR) is 70.8 cm³/mol. The number of hydrogen-bond acceptors (Lipinski definition) is 4. The minimum Gasteiger partial charge on any atom is -0.314 e. The fourth-order valence-corrected chi connectivity index (χ4v) is 2.44. The number of nitrogens with two attached hydrogens (primary N) is 1. The molecular formula is C12H19ClN4. The lowest BCUT2D eigenvalue weighted by Crippen LogP contribution is -2.40. The number of benzene rings is 1. The molecule has 4 nitrogen and oxygen atoms in total. The zero-order chi connectivity index (χ0) is 12.4. The highest BCUT2D eigenvalue weighted by molar-refractivity contribution is 6.30. The number of likely N-dealkylation sites (N-methyl/N-ethyl adjacent to an activating group) is 1. The molecule has 1 fully saturated rings. The quantitative estimate of drug-likeness (QED) is 0.745. The van der Waals surface area contributed by atoms with E-state index in [1.165, 1.54) is 5.56 Å². The Kier molecular flexibility index (Phi) is 4.01. The Morgan fingerprint density at radius 1 is 1.24 bits per heavy atom. The van der Waals surface area contributed by atoms with E-state index in [0.29, 0.717) is 6.04 Å². The van der Waals surface area contributed by atoms with Crippen LogP contribution in [-0.4, -0.2) is 37.7 Å². The second-order valence-electron chi connectivity index (χ2n) is 4.76. The lowest BCUT2D eigenvalue weighted by molar-refractivity contribution is 0.337. The summed E-state index contributed by atoms with van der Waals surface area (Å²) in [6.07, 6.45) is -0.0684. The molecule has 0 saturated carbocycles. The number of nitrogens with zero attached hydrogens (tertiary/aromatic N) is 1. The predicted octanol–water partition coefficient (Wildman–Crippen LogP) is 0.746. The third kappa shape index (κ3) is 2.97. The molecular weight excluding hydrogens is 236 g/mol. The van der Waals surface area contributed by atoms with E-state index in [1.54, 1.807) is 0 Å². The summed E-state index contributed by atoms with van der Waals surface area (Å²) in [6.45, 7) is 0.938. The number of rotatable bonds is 3. The molecule has 1 saturated heterocycles. The highest BCUT2D eigenvalue weighted by Gasteiger charge is 2.34. The second kappa shape index (κ2) is 5.33. The normalized spacial score (nSPS) is 28.9. The summed E-state index contributed by atoms with van der Waals surface area (Å²) in [4.78, 5) is 2.15. The average Bonchev–Trinajstić information content (AvgIpc) is 2.61. The molecule has 3 atom stereocenters.